The Labute approximate surface area is 139 Å². The first-order chi connectivity index (χ1) is 11.5. The zero-order chi connectivity index (χ0) is 16.5. The van der Waals surface area contributed by atoms with Crippen LogP contribution in [0.5, 0.6) is 0 Å². The average molecular weight is 328 g/mol. The van der Waals surface area contributed by atoms with E-state index in [0.29, 0.717) is 36.2 Å². The van der Waals surface area contributed by atoms with Crippen molar-refractivity contribution in [3.63, 3.8) is 0 Å². The standard InChI is InChI=1S/C18H21FN4O/c19-18-5-9-3-10(6-18)14(11(4-9)7-18)23-15-12-1-2-21-17(12)22-8-13(15)16(20)24/h1-2,8-11,14H,3-7H2,(H2,20,24)(H2,21,22,23)/t9?,10-,11+,14?,18?. The van der Waals surface area contributed by atoms with E-state index in [1.807, 2.05) is 6.07 Å². The van der Waals surface area contributed by atoms with Crippen LogP contribution in [0.4, 0.5) is 10.1 Å². The number of aromatic nitrogens is 2. The normalized spacial score (nSPS) is 37.0. The largest absolute Gasteiger partial charge is 0.380 e. The van der Waals surface area contributed by atoms with E-state index < -0.39 is 11.6 Å². The number of rotatable bonds is 3. The van der Waals surface area contributed by atoms with Gasteiger partial charge in [0.1, 0.15) is 11.3 Å². The van der Waals surface area contributed by atoms with Gasteiger partial charge in [-0.1, -0.05) is 0 Å². The molecule has 0 radical (unpaired) electrons. The molecule has 126 valence electrons. The molecule has 5 atom stereocenters. The van der Waals surface area contributed by atoms with Gasteiger partial charge in [-0.2, -0.15) is 0 Å². The van der Waals surface area contributed by atoms with Crippen molar-refractivity contribution < 1.29 is 9.18 Å². The van der Waals surface area contributed by atoms with E-state index in [0.717, 1.165) is 36.0 Å². The highest BCUT2D eigenvalue weighted by atomic mass is 19.1. The van der Waals surface area contributed by atoms with Crippen LogP contribution in [-0.4, -0.2) is 27.6 Å². The van der Waals surface area contributed by atoms with Crippen molar-refractivity contribution in [1.29, 1.82) is 0 Å². The minimum Gasteiger partial charge on any atom is -0.380 e. The lowest BCUT2D eigenvalue weighted by atomic mass is 9.53. The van der Waals surface area contributed by atoms with E-state index in [2.05, 4.69) is 15.3 Å². The van der Waals surface area contributed by atoms with E-state index in [9.17, 15) is 9.18 Å². The van der Waals surface area contributed by atoms with Gasteiger partial charge in [-0.3, -0.25) is 4.79 Å². The second kappa shape index (κ2) is 4.71. The van der Waals surface area contributed by atoms with Gasteiger partial charge in [0.2, 0.25) is 0 Å². The Morgan fingerprint density at radius 2 is 2.08 bits per heavy atom. The number of nitrogens with zero attached hydrogens (tertiary/aromatic N) is 1. The second-order valence-corrected chi connectivity index (χ2v) is 7.94. The zero-order valence-corrected chi connectivity index (χ0v) is 13.4. The Bertz CT molecular complexity index is 816. The number of aromatic amines is 1. The van der Waals surface area contributed by atoms with Crippen LogP contribution in [0.3, 0.4) is 0 Å². The lowest BCUT2D eigenvalue weighted by Gasteiger charge is -2.57. The molecule has 0 aromatic carbocycles. The predicted octanol–water partition coefficient (Wildman–Crippen LogP) is 2.99. The van der Waals surface area contributed by atoms with E-state index in [-0.39, 0.29) is 6.04 Å². The minimum atomic E-state index is -0.956. The fourth-order valence-electron chi connectivity index (χ4n) is 5.68. The summed E-state index contributed by atoms with van der Waals surface area (Å²) in [6, 6.07) is 2.12. The van der Waals surface area contributed by atoms with Crippen LogP contribution in [0.15, 0.2) is 18.5 Å². The Morgan fingerprint density at radius 1 is 1.33 bits per heavy atom. The average Bonchev–Trinajstić information content (AvgIpc) is 2.97. The van der Waals surface area contributed by atoms with Crippen LogP contribution < -0.4 is 11.1 Å². The number of carbonyl (C=O) groups excluding carboxylic acids is 1. The van der Waals surface area contributed by atoms with Crippen LogP contribution in [0.25, 0.3) is 11.0 Å². The summed E-state index contributed by atoms with van der Waals surface area (Å²) in [6.07, 6.45) is 7.55. The molecule has 0 saturated heterocycles. The summed E-state index contributed by atoms with van der Waals surface area (Å²) in [5.74, 6) is 0.720. The maximum atomic E-state index is 14.9. The summed E-state index contributed by atoms with van der Waals surface area (Å²) in [7, 11) is 0. The van der Waals surface area contributed by atoms with Gasteiger partial charge in [-0.05, 0) is 55.9 Å². The van der Waals surface area contributed by atoms with Crippen LogP contribution in [0.1, 0.15) is 42.5 Å². The van der Waals surface area contributed by atoms with Crippen molar-refractivity contribution in [3.05, 3.63) is 24.0 Å². The first-order valence-electron chi connectivity index (χ1n) is 8.74. The lowest BCUT2D eigenvalue weighted by Crippen LogP contribution is -2.57. The van der Waals surface area contributed by atoms with E-state index in [1.54, 1.807) is 6.20 Å². The Balaban J connectivity index is 1.54. The first-order valence-corrected chi connectivity index (χ1v) is 8.74. The van der Waals surface area contributed by atoms with Gasteiger partial charge in [0.25, 0.3) is 5.91 Å². The number of primary amides is 1. The number of pyridine rings is 1. The van der Waals surface area contributed by atoms with Crippen molar-refractivity contribution in [2.75, 3.05) is 5.32 Å². The van der Waals surface area contributed by atoms with Crippen molar-refractivity contribution >= 4 is 22.6 Å². The summed E-state index contributed by atoms with van der Waals surface area (Å²) in [4.78, 5) is 19.2. The number of anilines is 1. The van der Waals surface area contributed by atoms with Crippen LogP contribution >= 0.6 is 0 Å². The fourth-order valence-corrected chi connectivity index (χ4v) is 5.68. The number of H-pyrrole nitrogens is 1. The molecule has 3 unspecified atom stereocenters. The number of halogens is 1. The quantitative estimate of drug-likeness (QED) is 0.810. The fraction of sp³-hybridized carbons (Fsp3) is 0.556. The number of hydrogen-bond donors (Lipinski definition) is 3. The van der Waals surface area contributed by atoms with E-state index in [4.69, 9.17) is 5.73 Å². The molecule has 2 heterocycles. The maximum absolute atomic E-state index is 14.9. The molecule has 4 aliphatic rings. The molecule has 0 spiro atoms. The highest BCUT2D eigenvalue weighted by Crippen LogP contribution is 2.58. The molecule has 5 nitrogen and oxygen atoms in total. The van der Waals surface area contributed by atoms with Crippen LogP contribution in [0.2, 0.25) is 0 Å². The number of fused-ring (bicyclic) bond motifs is 1. The van der Waals surface area contributed by atoms with Crippen LogP contribution in [0, 0.1) is 17.8 Å². The molecule has 4 N–H and O–H groups in total. The van der Waals surface area contributed by atoms with E-state index in [1.165, 1.54) is 6.20 Å². The predicted molar refractivity (Wildman–Crippen MR) is 89.4 cm³/mol. The summed E-state index contributed by atoms with van der Waals surface area (Å²) in [5, 5.41) is 4.46. The molecule has 24 heavy (non-hydrogen) atoms. The topological polar surface area (TPSA) is 83.8 Å². The molecule has 4 saturated carbocycles. The van der Waals surface area contributed by atoms with Crippen molar-refractivity contribution in [2.45, 2.75) is 43.8 Å². The molecular weight excluding hydrogens is 307 g/mol. The molecule has 1 amide bonds. The van der Waals surface area contributed by atoms with E-state index >= 15 is 0 Å². The third-order valence-electron chi connectivity index (χ3n) is 6.36. The molecule has 6 heteroatoms. The summed E-state index contributed by atoms with van der Waals surface area (Å²) < 4.78 is 14.9. The molecule has 4 aliphatic carbocycles. The van der Waals surface area contributed by atoms with Gasteiger partial charge in [0.05, 0.1) is 11.3 Å². The smallest absolute Gasteiger partial charge is 0.252 e. The third-order valence-corrected chi connectivity index (χ3v) is 6.36. The summed E-state index contributed by atoms with van der Waals surface area (Å²) >= 11 is 0. The summed E-state index contributed by atoms with van der Waals surface area (Å²) in [6.45, 7) is 0. The molecule has 4 fully saturated rings. The highest BCUT2D eigenvalue weighted by molar-refractivity contribution is 6.06. The van der Waals surface area contributed by atoms with Crippen LogP contribution in [-0.2, 0) is 0 Å². The Morgan fingerprint density at radius 3 is 2.75 bits per heavy atom. The lowest BCUT2D eigenvalue weighted by molar-refractivity contribution is -0.0800. The molecule has 2 aromatic rings. The van der Waals surface area contributed by atoms with Crippen molar-refractivity contribution in [3.8, 4) is 0 Å². The molecule has 6 rings (SSSR count). The van der Waals surface area contributed by atoms with Gasteiger partial charge < -0.3 is 16.0 Å². The zero-order valence-electron chi connectivity index (χ0n) is 13.4. The monoisotopic (exact) mass is 328 g/mol. The highest BCUT2D eigenvalue weighted by Gasteiger charge is 2.56. The van der Waals surface area contributed by atoms with Gasteiger partial charge >= 0.3 is 0 Å². The second-order valence-electron chi connectivity index (χ2n) is 7.94. The molecular formula is C18H21FN4O. The van der Waals surface area contributed by atoms with Crippen molar-refractivity contribution in [2.24, 2.45) is 23.5 Å². The molecule has 4 bridgehead atoms. The van der Waals surface area contributed by atoms with Gasteiger partial charge in [-0.25, -0.2) is 9.37 Å². The number of alkyl halides is 1. The van der Waals surface area contributed by atoms with Gasteiger partial charge in [-0.15, -0.1) is 0 Å². The number of nitrogens with one attached hydrogen (secondary N) is 2. The maximum Gasteiger partial charge on any atom is 0.252 e. The number of nitrogens with two attached hydrogens (primary N) is 1. The van der Waals surface area contributed by atoms with Gasteiger partial charge in [0, 0.05) is 23.8 Å². The SMILES string of the molecule is NC(=O)c1cnc2[nH]ccc2c1NC1[C@@H]2CC3C[C@H]1CC(F)(C3)C2. The minimum absolute atomic E-state index is 0.212. The van der Waals surface area contributed by atoms with Crippen molar-refractivity contribution in [1.82, 2.24) is 9.97 Å². The Hall–Kier alpha value is -2.11. The number of amides is 1. The third kappa shape index (κ3) is 1.98. The first kappa shape index (κ1) is 14.3. The number of carbonyl (C=O) groups is 1. The molecule has 2 aromatic heterocycles. The number of hydrogen-bond acceptors (Lipinski definition) is 3. The van der Waals surface area contributed by atoms with Gasteiger partial charge in [0.15, 0.2) is 0 Å². The Kier molecular flexibility index (Phi) is 2.80. The molecule has 0 aliphatic heterocycles. The summed E-state index contributed by atoms with van der Waals surface area (Å²) in [5.41, 5.74) is 6.49.